The SMILES string of the molecule is COc1ccccc1Cc1nc(CCO)no1. The van der Waals surface area contributed by atoms with Gasteiger partial charge in [-0.15, -0.1) is 0 Å². The molecule has 5 nitrogen and oxygen atoms in total. The van der Waals surface area contributed by atoms with E-state index in [1.807, 2.05) is 24.3 Å². The summed E-state index contributed by atoms with van der Waals surface area (Å²) in [5.41, 5.74) is 0.995. The number of nitrogens with zero attached hydrogens (tertiary/aromatic N) is 2. The molecule has 0 saturated heterocycles. The second-order valence-electron chi connectivity index (χ2n) is 3.57. The first-order valence-corrected chi connectivity index (χ1v) is 5.37. The minimum atomic E-state index is 0.0215. The van der Waals surface area contributed by atoms with Gasteiger partial charge >= 0.3 is 0 Å². The Bertz CT molecular complexity index is 482. The van der Waals surface area contributed by atoms with Crippen LogP contribution in [0.3, 0.4) is 0 Å². The number of ether oxygens (including phenoxy) is 1. The van der Waals surface area contributed by atoms with Gasteiger partial charge in [0.2, 0.25) is 5.89 Å². The van der Waals surface area contributed by atoms with Gasteiger partial charge in [-0.1, -0.05) is 23.4 Å². The van der Waals surface area contributed by atoms with Gasteiger partial charge in [0.05, 0.1) is 20.1 Å². The third-order valence-corrected chi connectivity index (χ3v) is 2.38. The van der Waals surface area contributed by atoms with Gasteiger partial charge in [-0.2, -0.15) is 4.98 Å². The second kappa shape index (κ2) is 5.45. The maximum absolute atomic E-state index is 8.76. The second-order valence-corrected chi connectivity index (χ2v) is 3.57. The van der Waals surface area contributed by atoms with Crippen LogP contribution in [0.15, 0.2) is 28.8 Å². The molecular weight excluding hydrogens is 220 g/mol. The summed E-state index contributed by atoms with van der Waals surface area (Å²) in [6.07, 6.45) is 0.942. The molecule has 2 aromatic rings. The van der Waals surface area contributed by atoms with Crippen LogP contribution in [0.1, 0.15) is 17.3 Å². The molecule has 5 heteroatoms. The van der Waals surface area contributed by atoms with Crippen LogP contribution in [0.25, 0.3) is 0 Å². The zero-order valence-electron chi connectivity index (χ0n) is 9.59. The van der Waals surface area contributed by atoms with Gasteiger partial charge in [0.15, 0.2) is 5.82 Å². The molecule has 0 atom stereocenters. The Hall–Kier alpha value is -1.88. The van der Waals surface area contributed by atoms with Crippen LogP contribution in [0.4, 0.5) is 0 Å². The maximum atomic E-state index is 8.76. The van der Waals surface area contributed by atoms with Crippen molar-refractivity contribution < 1.29 is 14.4 Å². The lowest BCUT2D eigenvalue weighted by atomic mass is 10.1. The lowest BCUT2D eigenvalue weighted by Crippen LogP contribution is -1.95. The van der Waals surface area contributed by atoms with E-state index in [0.717, 1.165) is 11.3 Å². The van der Waals surface area contributed by atoms with Gasteiger partial charge in [-0.3, -0.25) is 0 Å². The number of methoxy groups -OCH3 is 1. The molecule has 90 valence electrons. The molecule has 1 aromatic carbocycles. The molecule has 1 heterocycles. The molecule has 0 spiro atoms. The summed E-state index contributed by atoms with van der Waals surface area (Å²) in [7, 11) is 1.63. The average molecular weight is 234 g/mol. The highest BCUT2D eigenvalue weighted by molar-refractivity contribution is 5.34. The molecule has 17 heavy (non-hydrogen) atoms. The highest BCUT2D eigenvalue weighted by Crippen LogP contribution is 2.20. The Morgan fingerprint density at radius 3 is 2.94 bits per heavy atom. The number of para-hydroxylation sites is 1. The average Bonchev–Trinajstić information content (AvgIpc) is 2.78. The zero-order valence-corrected chi connectivity index (χ0v) is 9.59. The summed E-state index contributed by atoms with van der Waals surface area (Å²) in [5, 5.41) is 12.5. The molecule has 1 N–H and O–H groups in total. The monoisotopic (exact) mass is 234 g/mol. The van der Waals surface area contributed by atoms with E-state index in [2.05, 4.69) is 10.1 Å². The fraction of sp³-hybridized carbons (Fsp3) is 0.333. The summed E-state index contributed by atoms with van der Waals surface area (Å²) in [4.78, 5) is 4.18. The number of aliphatic hydroxyl groups excluding tert-OH is 1. The highest BCUT2D eigenvalue weighted by Gasteiger charge is 2.09. The Morgan fingerprint density at radius 2 is 2.18 bits per heavy atom. The van der Waals surface area contributed by atoms with Crippen molar-refractivity contribution >= 4 is 0 Å². The van der Waals surface area contributed by atoms with Crippen molar-refractivity contribution in [3.8, 4) is 5.75 Å². The fourth-order valence-electron chi connectivity index (χ4n) is 1.58. The molecule has 0 fully saturated rings. The number of hydrogen-bond donors (Lipinski definition) is 1. The van der Waals surface area contributed by atoms with Crippen LogP contribution >= 0.6 is 0 Å². The largest absolute Gasteiger partial charge is 0.496 e. The minimum Gasteiger partial charge on any atom is -0.496 e. The number of aromatic nitrogens is 2. The molecule has 0 unspecified atom stereocenters. The van der Waals surface area contributed by atoms with E-state index in [4.69, 9.17) is 14.4 Å². The Morgan fingerprint density at radius 1 is 1.35 bits per heavy atom. The van der Waals surface area contributed by atoms with Gasteiger partial charge in [-0.05, 0) is 6.07 Å². The van der Waals surface area contributed by atoms with E-state index in [1.54, 1.807) is 7.11 Å². The topological polar surface area (TPSA) is 68.4 Å². The molecule has 0 aliphatic rings. The van der Waals surface area contributed by atoms with Crippen molar-refractivity contribution in [2.24, 2.45) is 0 Å². The smallest absolute Gasteiger partial charge is 0.231 e. The van der Waals surface area contributed by atoms with Crippen LogP contribution in [0.5, 0.6) is 5.75 Å². The van der Waals surface area contributed by atoms with Crippen molar-refractivity contribution in [2.75, 3.05) is 13.7 Å². The number of hydrogen-bond acceptors (Lipinski definition) is 5. The molecule has 2 rings (SSSR count). The van der Waals surface area contributed by atoms with E-state index in [-0.39, 0.29) is 6.61 Å². The molecule has 0 aliphatic carbocycles. The molecule has 0 radical (unpaired) electrons. The Kier molecular flexibility index (Phi) is 3.72. The third kappa shape index (κ3) is 2.82. The van der Waals surface area contributed by atoms with E-state index in [0.29, 0.717) is 24.6 Å². The number of rotatable bonds is 5. The van der Waals surface area contributed by atoms with Crippen molar-refractivity contribution in [1.29, 1.82) is 0 Å². The van der Waals surface area contributed by atoms with Crippen molar-refractivity contribution in [3.05, 3.63) is 41.5 Å². The van der Waals surface area contributed by atoms with Crippen LogP contribution in [-0.2, 0) is 12.8 Å². The highest BCUT2D eigenvalue weighted by atomic mass is 16.5. The lowest BCUT2D eigenvalue weighted by molar-refractivity contribution is 0.293. The van der Waals surface area contributed by atoms with Gasteiger partial charge in [-0.25, -0.2) is 0 Å². The van der Waals surface area contributed by atoms with E-state index < -0.39 is 0 Å². The first-order chi connectivity index (χ1) is 8.33. The van der Waals surface area contributed by atoms with Gasteiger partial charge in [0, 0.05) is 12.0 Å². The zero-order chi connectivity index (χ0) is 12.1. The summed E-state index contributed by atoms with van der Waals surface area (Å²) >= 11 is 0. The van der Waals surface area contributed by atoms with Crippen molar-refractivity contribution in [1.82, 2.24) is 10.1 Å². The standard InChI is InChI=1S/C12H14N2O3/c1-16-10-5-3-2-4-9(10)8-12-13-11(6-7-15)14-17-12/h2-5,15H,6-8H2,1H3. The minimum absolute atomic E-state index is 0.0215. The van der Waals surface area contributed by atoms with Crippen LogP contribution in [-0.4, -0.2) is 29.0 Å². The normalized spacial score (nSPS) is 10.5. The van der Waals surface area contributed by atoms with Gasteiger partial charge in [0.1, 0.15) is 5.75 Å². The Labute approximate surface area is 99.0 Å². The molecular formula is C12H14N2O3. The molecule has 0 saturated carbocycles. The molecule has 1 aromatic heterocycles. The maximum Gasteiger partial charge on any atom is 0.231 e. The Balaban J connectivity index is 2.13. The quantitative estimate of drug-likeness (QED) is 0.842. The predicted octanol–water partition coefficient (Wildman–Crippen LogP) is 1.20. The first kappa shape index (κ1) is 11.6. The van der Waals surface area contributed by atoms with E-state index >= 15 is 0 Å². The summed E-state index contributed by atoms with van der Waals surface area (Å²) < 4.78 is 10.3. The van der Waals surface area contributed by atoms with Crippen molar-refractivity contribution in [3.63, 3.8) is 0 Å². The van der Waals surface area contributed by atoms with Gasteiger partial charge in [0.25, 0.3) is 0 Å². The summed E-state index contributed by atoms with van der Waals surface area (Å²) in [6, 6.07) is 7.69. The molecule has 0 amide bonds. The fourth-order valence-corrected chi connectivity index (χ4v) is 1.58. The van der Waals surface area contributed by atoms with E-state index in [1.165, 1.54) is 0 Å². The molecule has 0 bridgehead atoms. The third-order valence-electron chi connectivity index (χ3n) is 2.38. The van der Waals surface area contributed by atoms with Crippen molar-refractivity contribution in [2.45, 2.75) is 12.8 Å². The summed E-state index contributed by atoms with van der Waals surface area (Å²) in [5.74, 6) is 1.85. The first-order valence-electron chi connectivity index (χ1n) is 5.37. The number of benzene rings is 1. The lowest BCUT2D eigenvalue weighted by Gasteiger charge is -2.04. The summed E-state index contributed by atoms with van der Waals surface area (Å²) in [6.45, 7) is 0.0215. The molecule has 0 aliphatic heterocycles. The van der Waals surface area contributed by atoms with Gasteiger partial charge < -0.3 is 14.4 Å². The predicted molar refractivity (Wildman–Crippen MR) is 60.9 cm³/mol. The van der Waals surface area contributed by atoms with Crippen LogP contribution < -0.4 is 4.74 Å². The van der Waals surface area contributed by atoms with E-state index in [9.17, 15) is 0 Å². The van der Waals surface area contributed by atoms with Crippen LogP contribution in [0, 0.1) is 0 Å². The van der Waals surface area contributed by atoms with Crippen LogP contribution in [0.2, 0.25) is 0 Å². The number of aliphatic hydroxyl groups is 1.